The van der Waals surface area contributed by atoms with Gasteiger partial charge in [-0.25, -0.2) is 0 Å². The van der Waals surface area contributed by atoms with Gasteiger partial charge >= 0.3 is 0 Å². The highest BCUT2D eigenvalue weighted by atomic mass is 16.3. The molecular formula is C77H55N3O. The van der Waals surface area contributed by atoms with E-state index in [2.05, 4.69) is 291 Å². The normalized spacial score (nSPS) is 12.0. The molecule has 384 valence electrons. The predicted molar refractivity (Wildman–Crippen MR) is 342 cm³/mol. The summed E-state index contributed by atoms with van der Waals surface area (Å²) in [5, 5.41) is 9.77. The van der Waals surface area contributed by atoms with Gasteiger partial charge in [0.25, 0.3) is 0 Å². The minimum absolute atomic E-state index is 0.898. The van der Waals surface area contributed by atoms with E-state index >= 15 is 0 Å². The summed E-state index contributed by atoms with van der Waals surface area (Å²) < 4.78 is 14.7. The lowest BCUT2D eigenvalue weighted by Gasteiger charge is -2.19. The first kappa shape index (κ1) is 46.9. The topological polar surface area (TPSA) is 27.9 Å². The average molecular weight is 1040 g/mol. The highest BCUT2D eigenvalue weighted by Gasteiger charge is 2.27. The first-order chi connectivity index (χ1) is 39.8. The van der Waals surface area contributed by atoms with Gasteiger partial charge in [0.05, 0.1) is 33.1 Å². The second-order valence-corrected chi connectivity index (χ2v) is 22.2. The summed E-state index contributed by atoms with van der Waals surface area (Å²) >= 11 is 0. The van der Waals surface area contributed by atoms with E-state index in [0.717, 1.165) is 50.1 Å². The Bertz CT molecular complexity index is 5180. The molecule has 0 fully saturated rings. The quantitative estimate of drug-likeness (QED) is 0.156. The Morgan fingerprint density at radius 2 is 0.728 bits per heavy atom. The number of aromatic nitrogens is 3. The van der Waals surface area contributed by atoms with Crippen LogP contribution in [0.1, 0.15) is 27.8 Å². The molecule has 4 nitrogen and oxygen atoms in total. The number of fused-ring (bicyclic) bond motifs is 12. The maximum Gasteiger partial charge on any atom is 0.143 e. The van der Waals surface area contributed by atoms with Crippen LogP contribution in [0.2, 0.25) is 0 Å². The maximum atomic E-state index is 7.42. The van der Waals surface area contributed by atoms with Crippen LogP contribution in [0.15, 0.2) is 247 Å². The average Bonchev–Trinajstić information content (AvgIpc) is 4.38. The highest BCUT2D eigenvalue weighted by molar-refractivity contribution is 6.18. The van der Waals surface area contributed by atoms with Crippen LogP contribution in [-0.2, 0) is 0 Å². The first-order valence-electron chi connectivity index (χ1n) is 28.2. The van der Waals surface area contributed by atoms with E-state index < -0.39 is 0 Å². The van der Waals surface area contributed by atoms with Crippen LogP contribution in [0.25, 0.3) is 149 Å². The summed E-state index contributed by atoms with van der Waals surface area (Å²) in [6, 6.07) is 89.3. The molecule has 0 N–H and O–H groups in total. The van der Waals surface area contributed by atoms with E-state index in [0.29, 0.717) is 0 Å². The van der Waals surface area contributed by atoms with Gasteiger partial charge in [-0.2, -0.15) is 0 Å². The van der Waals surface area contributed by atoms with Crippen LogP contribution in [0.5, 0.6) is 0 Å². The van der Waals surface area contributed by atoms with Gasteiger partial charge in [0.15, 0.2) is 0 Å². The summed E-state index contributed by atoms with van der Waals surface area (Å²) in [6.07, 6.45) is 0. The maximum absolute atomic E-state index is 7.42. The number of benzene rings is 12. The van der Waals surface area contributed by atoms with Gasteiger partial charge < -0.3 is 18.1 Å². The standard InChI is InChI=1S/C77H55N3O/c1-46-39-55(44-58(40-46)80-67-34-16-11-29-61(67)62-30-12-17-35-68(62)80)74-49(4)73(53-22-19-21-51(42-53)52-37-38-70-64(45-52)63-31-13-18-36-69(63)78(70)56-24-7-6-8-25-56)50(5)76-75-48(3)72(47(2)41-71(75)81-77(74)76)54-23-20-26-57(43-54)79-65-32-14-9-27-59(65)60-28-10-15-33-66(60)79/h6-45H,1-5H3. The lowest BCUT2D eigenvalue weighted by Crippen LogP contribution is -1.99. The van der Waals surface area contributed by atoms with Gasteiger partial charge in [-0.15, -0.1) is 0 Å². The van der Waals surface area contributed by atoms with E-state index in [1.54, 1.807) is 0 Å². The van der Waals surface area contributed by atoms with Crippen LogP contribution < -0.4 is 0 Å². The Morgan fingerprint density at radius 3 is 1.35 bits per heavy atom. The molecule has 0 atom stereocenters. The van der Waals surface area contributed by atoms with Crippen molar-refractivity contribution >= 4 is 87.4 Å². The molecule has 0 aliphatic carbocycles. The molecule has 12 aromatic carbocycles. The van der Waals surface area contributed by atoms with Crippen molar-refractivity contribution < 1.29 is 4.42 Å². The summed E-state index contributed by atoms with van der Waals surface area (Å²) in [6.45, 7) is 11.4. The van der Waals surface area contributed by atoms with Gasteiger partial charge in [-0.1, -0.05) is 152 Å². The molecule has 4 heterocycles. The molecule has 0 spiro atoms. The van der Waals surface area contributed by atoms with Gasteiger partial charge in [0, 0.05) is 65.7 Å². The number of hydrogen-bond donors (Lipinski definition) is 0. The summed E-state index contributed by atoms with van der Waals surface area (Å²) in [7, 11) is 0. The third-order valence-electron chi connectivity index (χ3n) is 17.5. The van der Waals surface area contributed by atoms with Crippen molar-refractivity contribution in [3.05, 3.63) is 270 Å². The molecule has 0 saturated heterocycles. The van der Waals surface area contributed by atoms with E-state index in [1.807, 2.05) is 0 Å². The summed E-state index contributed by atoms with van der Waals surface area (Å²) in [5.41, 5.74) is 27.7. The molecule has 4 aromatic heterocycles. The predicted octanol–water partition coefficient (Wildman–Crippen LogP) is 21.1. The second-order valence-electron chi connectivity index (χ2n) is 22.2. The Balaban J connectivity index is 0.932. The first-order valence-corrected chi connectivity index (χ1v) is 28.2. The number of para-hydroxylation sites is 6. The monoisotopic (exact) mass is 1040 g/mol. The summed E-state index contributed by atoms with van der Waals surface area (Å²) in [4.78, 5) is 0. The van der Waals surface area contributed by atoms with Crippen molar-refractivity contribution in [3.63, 3.8) is 0 Å². The third kappa shape index (κ3) is 7.03. The van der Waals surface area contributed by atoms with E-state index in [1.165, 1.54) is 127 Å². The molecule has 16 aromatic rings. The lowest BCUT2D eigenvalue weighted by molar-refractivity contribution is 0.669. The number of rotatable bonds is 7. The van der Waals surface area contributed by atoms with E-state index in [9.17, 15) is 0 Å². The van der Waals surface area contributed by atoms with Crippen LogP contribution in [0, 0.1) is 34.6 Å². The molecule has 0 radical (unpaired) electrons. The largest absolute Gasteiger partial charge is 0.455 e. The summed E-state index contributed by atoms with van der Waals surface area (Å²) in [5.74, 6) is 0. The zero-order chi connectivity index (χ0) is 54.2. The van der Waals surface area contributed by atoms with Gasteiger partial charge in [-0.3, -0.25) is 0 Å². The Hall–Kier alpha value is -10.2. The molecule has 0 bridgehead atoms. The number of furan rings is 1. The molecule has 81 heavy (non-hydrogen) atoms. The Kier molecular flexibility index (Phi) is 10.4. The van der Waals surface area contributed by atoms with Crippen molar-refractivity contribution in [1.29, 1.82) is 0 Å². The van der Waals surface area contributed by atoms with Crippen molar-refractivity contribution in [2.24, 2.45) is 0 Å². The second kappa shape index (κ2) is 17.9. The van der Waals surface area contributed by atoms with Crippen molar-refractivity contribution in [1.82, 2.24) is 13.7 Å². The van der Waals surface area contributed by atoms with Crippen LogP contribution in [0.3, 0.4) is 0 Å². The number of aryl methyl sites for hydroxylation is 4. The molecule has 0 saturated carbocycles. The smallest absolute Gasteiger partial charge is 0.143 e. The molecule has 0 unspecified atom stereocenters. The lowest BCUT2D eigenvalue weighted by atomic mass is 9.84. The molecule has 0 amide bonds. The van der Waals surface area contributed by atoms with Crippen molar-refractivity contribution in [2.75, 3.05) is 0 Å². The van der Waals surface area contributed by atoms with E-state index in [4.69, 9.17) is 4.42 Å². The molecule has 16 rings (SSSR count). The fraction of sp³-hybridized carbons (Fsp3) is 0.0649. The molecule has 0 aliphatic heterocycles. The zero-order valence-electron chi connectivity index (χ0n) is 45.8. The van der Waals surface area contributed by atoms with Gasteiger partial charge in [-0.05, 0) is 192 Å². The SMILES string of the molecule is Cc1cc(-c2c(C)c(-c3cccc(-c4ccc5c(c4)c4ccccc4n5-c4ccccc4)c3)c(C)c3c2oc2cc(C)c(-c4cccc(-n5c6ccccc6c6ccccc65)c4)c(C)c23)cc(-n2c3ccccc3c3ccccc32)c1. The Morgan fingerprint density at radius 1 is 0.272 bits per heavy atom. The molecule has 0 aliphatic rings. The zero-order valence-corrected chi connectivity index (χ0v) is 45.8. The third-order valence-corrected chi connectivity index (χ3v) is 17.5. The number of nitrogens with zero attached hydrogens (tertiary/aromatic N) is 3. The number of hydrogen-bond acceptors (Lipinski definition) is 1. The highest BCUT2D eigenvalue weighted by Crippen LogP contribution is 2.50. The van der Waals surface area contributed by atoms with Crippen LogP contribution in [0.4, 0.5) is 0 Å². The molecular weight excluding hydrogens is 983 g/mol. The fourth-order valence-electron chi connectivity index (χ4n) is 14.2. The minimum Gasteiger partial charge on any atom is -0.455 e. The van der Waals surface area contributed by atoms with Gasteiger partial charge in [0.2, 0.25) is 0 Å². The van der Waals surface area contributed by atoms with Crippen LogP contribution >= 0.6 is 0 Å². The Labute approximate surface area is 469 Å². The van der Waals surface area contributed by atoms with E-state index in [-0.39, 0.29) is 0 Å². The molecule has 4 heteroatoms. The van der Waals surface area contributed by atoms with Gasteiger partial charge in [0.1, 0.15) is 11.2 Å². The van der Waals surface area contributed by atoms with Crippen molar-refractivity contribution in [2.45, 2.75) is 34.6 Å². The minimum atomic E-state index is 0.898. The fourth-order valence-corrected chi connectivity index (χ4v) is 14.2. The van der Waals surface area contributed by atoms with Crippen molar-refractivity contribution in [3.8, 4) is 61.6 Å². The van der Waals surface area contributed by atoms with Crippen LogP contribution in [-0.4, -0.2) is 13.7 Å².